The van der Waals surface area contributed by atoms with Gasteiger partial charge in [0.15, 0.2) is 12.4 Å². The Bertz CT molecular complexity index is 982. The molecule has 0 aliphatic rings. The number of carbonyl (C=O) groups is 2. The van der Waals surface area contributed by atoms with E-state index >= 15 is 0 Å². The first-order valence-corrected chi connectivity index (χ1v) is 8.89. The first kappa shape index (κ1) is 19.2. The van der Waals surface area contributed by atoms with E-state index in [1.807, 2.05) is 78.5 Å². The SMILES string of the molecule is Cc1ccc(C(=O)c2ccn(C/C=C/c3ccc(OCC(=O)O)cc3)c2)cc1. The molecule has 1 N–H and O–H groups in total. The molecule has 1 aromatic heterocycles. The molecule has 5 nitrogen and oxygen atoms in total. The molecule has 2 aromatic carbocycles. The monoisotopic (exact) mass is 375 g/mol. The second-order valence-electron chi connectivity index (χ2n) is 6.45. The topological polar surface area (TPSA) is 68.5 Å². The van der Waals surface area contributed by atoms with E-state index in [0.29, 0.717) is 23.4 Å². The van der Waals surface area contributed by atoms with Gasteiger partial charge in [-0.05, 0) is 30.7 Å². The Hall–Kier alpha value is -3.60. The number of hydrogen-bond donors (Lipinski definition) is 1. The Kier molecular flexibility index (Phi) is 6.07. The first-order valence-electron chi connectivity index (χ1n) is 8.89. The van der Waals surface area contributed by atoms with Gasteiger partial charge in [0.2, 0.25) is 0 Å². The normalized spacial score (nSPS) is 10.9. The molecule has 3 rings (SSSR count). The minimum atomic E-state index is -1.00. The van der Waals surface area contributed by atoms with Crippen LogP contribution in [0.3, 0.4) is 0 Å². The molecular weight excluding hydrogens is 354 g/mol. The number of rotatable bonds is 8. The zero-order chi connectivity index (χ0) is 19.9. The van der Waals surface area contributed by atoms with Crippen molar-refractivity contribution in [2.75, 3.05) is 6.61 Å². The fourth-order valence-electron chi connectivity index (χ4n) is 2.69. The summed E-state index contributed by atoms with van der Waals surface area (Å²) in [7, 11) is 0. The van der Waals surface area contributed by atoms with E-state index in [1.54, 1.807) is 12.1 Å². The van der Waals surface area contributed by atoms with Gasteiger partial charge < -0.3 is 14.4 Å². The fourth-order valence-corrected chi connectivity index (χ4v) is 2.69. The van der Waals surface area contributed by atoms with Crippen LogP contribution in [0.2, 0.25) is 0 Å². The molecule has 0 atom stereocenters. The van der Waals surface area contributed by atoms with Gasteiger partial charge in [-0.1, -0.05) is 54.1 Å². The lowest BCUT2D eigenvalue weighted by atomic mass is 10.0. The summed E-state index contributed by atoms with van der Waals surface area (Å²) < 4.78 is 7.05. The molecule has 0 radical (unpaired) electrons. The molecule has 0 saturated heterocycles. The van der Waals surface area contributed by atoms with Gasteiger partial charge in [-0.25, -0.2) is 4.79 Å². The maximum atomic E-state index is 12.5. The molecule has 0 aliphatic carbocycles. The number of aliphatic carboxylic acids is 1. The molecule has 5 heteroatoms. The second-order valence-corrected chi connectivity index (χ2v) is 6.45. The summed E-state index contributed by atoms with van der Waals surface area (Å²) in [6.45, 7) is 2.28. The maximum absolute atomic E-state index is 12.5. The smallest absolute Gasteiger partial charge is 0.341 e. The number of carbonyl (C=O) groups excluding carboxylic acids is 1. The van der Waals surface area contributed by atoms with Crippen LogP contribution < -0.4 is 4.74 Å². The summed E-state index contributed by atoms with van der Waals surface area (Å²) >= 11 is 0. The second kappa shape index (κ2) is 8.86. The molecular formula is C23H21NO4. The lowest BCUT2D eigenvalue weighted by Gasteiger charge is -2.03. The number of benzene rings is 2. The van der Waals surface area contributed by atoms with Crippen LogP contribution in [-0.4, -0.2) is 28.0 Å². The number of carboxylic acids is 1. The number of nitrogens with zero attached hydrogens (tertiary/aromatic N) is 1. The van der Waals surface area contributed by atoms with E-state index in [9.17, 15) is 9.59 Å². The molecule has 28 heavy (non-hydrogen) atoms. The highest BCUT2D eigenvalue weighted by Gasteiger charge is 2.09. The lowest BCUT2D eigenvalue weighted by Crippen LogP contribution is -2.09. The largest absolute Gasteiger partial charge is 0.482 e. The van der Waals surface area contributed by atoms with Crippen LogP contribution in [0, 0.1) is 6.92 Å². The number of aromatic nitrogens is 1. The number of carboxylic acid groups (broad SMARTS) is 1. The van der Waals surface area contributed by atoms with Crippen LogP contribution in [0.4, 0.5) is 0 Å². The molecule has 0 bridgehead atoms. The Morgan fingerprint density at radius 3 is 2.39 bits per heavy atom. The fraction of sp³-hybridized carbons (Fsp3) is 0.130. The van der Waals surface area contributed by atoms with E-state index in [4.69, 9.17) is 9.84 Å². The van der Waals surface area contributed by atoms with Crippen molar-refractivity contribution in [2.24, 2.45) is 0 Å². The van der Waals surface area contributed by atoms with E-state index in [-0.39, 0.29) is 12.4 Å². The highest BCUT2D eigenvalue weighted by molar-refractivity contribution is 6.08. The maximum Gasteiger partial charge on any atom is 0.341 e. The van der Waals surface area contributed by atoms with Crippen LogP contribution in [0.1, 0.15) is 27.0 Å². The lowest BCUT2D eigenvalue weighted by molar-refractivity contribution is -0.139. The van der Waals surface area contributed by atoms with Gasteiger partial charge in [0, 0.05) is 30.1 Å². The summed E-state index contributed by atoms with van der Waals surface area (Å²) in [6, 6.07) is 16.6. The highest BCUT2D eigenvalue weighted by Crippen LogP contribution is 2.14. The average molecular weight is 375 g/mol. The van der Waals surface area contributed by atoms with E-state index in [2.05, 4.69) is 0 Å². The minimum Gasteiger partial charge on any atom is -0.482 e. The van der Waals surface area contributed by atoms with Crippen LogP contribution in [0.15, 0.2) is 73.1 Å². The quantitative estimate of drug-likeness (QED) is 0.599. The van der Waals surface area contributed by atoms with Crippen molar-refractivity contribution < 1.29 is 19.4 Å². The zero-order valence-corrected chi connectivity index (χ0v) is 15.5. The van der Waals surface area contributed by atoms with Crippen molar-refractivity contribution in [3.05, 3.63) is 95.3 Å². The van der Waals surface area contributed by atoms with E-state index < -0.39 is 5.97 Å². The van der Waals surface area contributed by atoms with E-state index in [1.165, 1.54) is 0 Å². The summed E-state index contributed by atoms with van der Waals surface area (Å²) in [4.78, 5) is 23.0. The average Bonchev–Trinajstić information content (AvgIpc) is 3.16. The van der Waals surface area contributed by atoms with Gasteiger partial charge in [-0.2, -0.15) is 0 Å². The molecule has 0 spiro atoms. The third-order valence-electron chi connectivity index (χ3n) is 4.20. The summed E-state index contributed by atoms with van der Waals surface area (Å²) in [5.41, 5.74) is 3.45. The Morgan fingerprint density at radius 1 is 1.00 bits per heavy atom. The highest BCUT2D eigenvalue weighted by atomic mass is 16.5. The Labute approximate surface area is 163 Å². The minimum absolute atomic E-state index is 0.0136. The number of ketones is 1. The standard InChI is InChI=1S/C23H21NO4/c1-17-4-8-19(9-5-17)23(27)20-12-14-24(15-20)13-2-3-18-6-10-21(11-7-18)28-16-22(25)26/h2-12,14-15H,13,16H2,1H3,(H,25,26)/b3-2+. The van der Waals surface area contributed by atoms with Crippen molar-refractivity contribution in [1.29, 1.82) is 0 Å². The van der Waals surface area contributed by atoms with Crippen molar-refractivity contribution in [3.63, 3.8) is 0 Å². The predicted octanol–water partition coefficient (Wildman–Crippen LogP) is 4.20. The number of aryl methyl sites for hydroxylation is 1. The van der Waals surface area contributed by atoms with Crippen molar-refractivity contribution in [2.45, 2.75) is 13.5 Å². The Balaban J connectivity index is 1.57. The summed E-state index contributed by atoms with van der Waals surface area (Å²) in [5.74, 6) is -0.472. The molecule has 142 valence electrons. The van der Waals surface area contributed by atoms with Gasteiger partial charge in [0.1, 0.15) is 5.75 Å². The van der Waals surface area contributed by atoms with E-state index in [0.717, 1.165) is 11.1 Å². The first-order chi connectivity index (χ1) is 13.5. The Morgan fingerprint density at radius 2 is 1.71 bits per heavy atom. The predicted molar refractivity (Wildman–Crippen MR) is 108 cm³/mol. The van der Waals surface area contributed by atoms with Gasteiger partial charge in [-0.3, -0.25) is 4.79 Å². The summed E-state index contributed by atoms with van der Waals surface area (Å²) in [5, 5.41) is 8.61. The number of allylic oxidation sites excluding steroid dienone is 1. The van der Waals surface area contributed by atoms with Crippen LogP contribution in [-0.2, 0) is 11.3 Å². The van der Waals surface area contributed by atoms with Crippen molar-refractivity contribution in [3.8, 4) is 5.75 Å². The summed E-state index contributed by atoms with van der Waals surface area (Å²) in [6.07, 6.45) is 7.68. The third kappa shape index (κ3) is 5.20. The molecule has 3 aromatic rings. The number of hydrogen-bond acceptors (Lipinski definition) is 3. The van der Waals surface area contributed by atoms with Crippen LogP contribution in [0.25, 0.3) is 6.08 Å². The van der Waals surface area contributed by atoms with Crippen molar-refractivity contribution >= 4 is 17.8 Å². The molecule has 0 fully saturated rings. The third-order valence-corrected chi connectivity index (χ3v) is 4.20. The van der Waals surface area contributed by atoms with Gasteiger partial charge in [-0.15, -0.1) is 0 Å². The van der Waals surface area contributed by atoms with Crippen LogP contribution in [0.5, 0.6) is 5.75 Å². The molecule has 0 unspecified atom stereocenters. The van der Waals surface area contributed by atoms with Crippen LogP contribution >= 0.6 is 0 Å². The molecule has 1 heterocycles. The molecule has 0 aliphatic heterocycles. The van der Waals surface area contributed by atoms with Crippen molar-refractivity contribution in [1.82, 2.24) is 4.57 Å². The molecule has 0 saturated carbocycles. The zero-order valence-electron chi connectivity index (χ0n) is 15.5. The number of ether oxygens (including phenoxy) is 1. The molecule has 0 amide bonds. The van der Waals surface area contributed by atoms with Gasteiger partial charge in [0.05, 0.1) is 0 Å². The van der Waals surface area contributed by atoms with Gasteiger partial charge >= 0.3 is 5.97 Å². The van der Waals surface area contributed by atoms with Gasteiger partial charge in [0.25, 0.3) is 0 Å².